The predicted molar refractivity (Wildman–Crippen MR) is 99.1 cm³/mol. The van der Waals surface area contributed by atoms with Crippen LogP contribution in [-0.2, 0) is 15.1 Å². The summed E-state index contributed by atoms with van der Waals surface area (Å²) >= 11 is 5.76. The fraction of sp³-hybridized carbons (Fsp3) is 0.222. The molecule has 0 aliphatic carbocycles. The van der Waals surface area contributed by atoms with Crippen molar-refractivity contribution < 1.29 is 37.3 Å². The smallest absolute Gasteiger partial charge is 0.432 e. The molecule has 0 saturated heterocycles. The Balaban J connectivity index is 2.31. The number of urea groups is 1. The highest BCUT2D eigenvalue weighted by Gasteiger charge is 2.62. The summed E-state index contributed by atoms with van der Waals surface area (Å²) in [6, 6.07) is 8.14. The summed E-state index contributed by atoms with van der Waals surface area (Å²) in [6.45, 7) is 0. The Hall–Kier alpha value is -2.98. The molecule has 2 aromatic carbocycles. The highest BCUT2D eigenvalue weighted by atomic mass is 35.5. The molecule has 0 heterocycles. The van der Waals surface area contributed by atoms with Gasteiger partial charge in [0.1, 0.15) is 5.75 Å². The molecule has 0 saturated carbocycles. The third kappa shape index (κ3) is 4.72. The minimum absolute atomic E-state index is 0.00268. The van der Waals surface area contributed by atoms with E-state index in [9.17, 15) is 27.9 Å². The normalized spacial score (nSPS) is 13.2. The third-order valence-corrected chi connectivity index (χ3v) is 4.11. The lowest BCUT2D eigenvalue weighted by atomic mass is 9.92. The van der Waals surface area contributed by atoms with Gasteiger partial charge in [0.15, 0.2) is 0 Å². The van der Waals surface area contributed by atoms with Gasteiger partial charge in [0.05, 0.1) is 19.9 Å². The van der Waals surface area contributed by atoms with E-state index < -0.39 is 29.3 Å². The van der Waals surface area contributed by atoms with Crippen LogP contribution in [0.25, 0.3) is 0 Å². The summed E-state index contributed by atoms with van der Waals surface area (Å²) in [5.74, 6) is -2.13. The topological polar surface area (TPSA) is 96.9 Å². The summed E-state index contributed by atoms with van der Waals surface area (Å²) in [6.07, 6.45) is -5.36. The van der Waals surface area contributed by atoms with Crippen molar-refractivity contribution in [2.75, 3.05) is 24.9 Å². The van der Waals surface area contributed by atoms with Gasteiger partial charge < -0.3 is 25.2 Å². The molecule has 0 spiro atoms. The van der Waals surface area contributed by atoms with E-state index >= 15 is 0 Å². The number of anilines is 2. The molecule has 29 heavy (non-hydrogen) atoms. The number of halogens is 4. The zero-order valence-corrected chi connectivity index (χ0v) is 15.9. The van der Waals surface area contributed by atoms with E-state index in [1.54, 1.807) is 24.3 Å². The highest BCUT2D eigenvalue weighted by molar-refractivity contribution is 6.30. The van der Waals surface area contributed by atoms with E-state index in [0.29, 0.717) is 17.8 Å². The maximum atomic E-state index is 13.4. The monoisotopic (exact) mass is 432 g/mol. The first-order valence-electron chi connectivity index (χ1n) is 7.92. The van der Waals surface area contributed by atoms with Gasteiger partial charge >= 0.3 is 18.2 Å². The maximum Gasteiger partial charge on any atom is 0.432 e. The molecular weight excluding hydrogens is 417 g/mol. The van der Waals surface area contributed by atoms with Crippen LogP contribution in [0.3, 0.4) is 0 Å². The molecule has 7 nitrogen and oxygen atoms in total. The van der Waals surface area contributed by atoms with Gasteiger partial charge in [-0.3, -0.25) is 0 Å². The minimum Gasteiger partial charge on any atom is -0.495 e. The minimum atomic E-state index is -5.36. The second-order valence-electron chi connectivity index (χ2n) is 5.70. The van der Waals surface area contributed by atoms with Crippen LogP contribution in [0.5, 0.6) is 5.75 Å². The largest absolute Gasteiger partial charge is 0.495 e. The highest BCUT2D eigenvalue weighted by Crippen LogP contribution is 2.42. The SMILES string of the molecule is COC(=O)C(O)(c1ccc(NC(=O)Nc2ccc(Cl)cc2)c(OC)c1)C(F)(F)F. The van der Waals surface area contributed by atoms with Gasteiger partial charge in [0.2, 0.25) is 0 Å². The average Bonchev–Trinajstić information content (AvgIpc) is 2.67. The predicted octanol–water partition coefficient (Wildman–Crippen LogP) is 3.92. The zero-order chi connectivity index (χ0) is 21.8. The molecule has 1 atom stereocenters. The summed E-state index contributed by atoms with van der Waals surface area (Å²) in [4.78, 5) is 23.8. The van der Waals surface area contributed by atoms with E-state index in [1.807, 2.05) is 0 Å². The van der Waals surface area contributed by atoms with Crippen LogP contribution >= 0.6 is 11.6 Å². The first-order valence-corrected chi connectivity index (χ1v) is 8.30. The molecule has 3 N–H and O–H groups in total. The number of carbonyl (C=O) groups excluding carboxylic acids is 2. The zero-order valence-electron chi connectivity index (χ0n) is 15.1. The third-order valence-electron chi connectivity index (χ3n) is 3.86. The molecule has 0 radical (unpaired) electrons. The maximum absolute atomic E-state index is 13.4. The van der Waals surface area contributed by atoms with Gasteiger partial charge in [-0.05, 0) is 36.4 Å². The summed E-state index contributed by atoms with van der Waals surface area (Å²) in [7, 11) is 1.86. The van der Waals surface area contributed by atoms with Gasteiger partial charge in [-0.25, -0.2) is 9.59 Å². The van der Waals surface area contributed by atoms with E-state index in [1.165, 1.54) is 0 Å². The van der Waals surface area contributed by atoms with Crippen LogP contribution < -0.4 is 15.4 Å². The second kappa shape index (κ2) is 8.58. The number of hydrogen-bond donors (Lipinski definition) is 3. The van der Waals surface area contributed by atoms with Crippen LogP contribution in [0.15, 0.2) is 42.5 Å². The van der Waals surface area contributed by atoms with Gasteiger partial charge in [0.25, 0.3) is 5.60 Å². The molecule has 11 heteroatoms. The number of hydrogen-bond acceptors (Lipinski definition) is 5. The number of benzene rings is 2. The fourth-order valence-electron chi connectivity index (χ4n) is 2.38. The lowest BCUT2D eigenvalue weighted by Gasteiger charge is -2.28. The van der Waals surface area contributed by atoms with Crippen molar-refractivity contribution in [3.63, 3.8) is 0 Å². The average molecular weight is 433 g/mol. The number of nitrogens with one attached hydrogen (secondary N) is 2. The van der Waals surface area contributed by atoms with Crippen molar-refractivity contribution in [2.24, 2.45) is 0 Å². The van der Waals surface area contributed by atoms with E-state index in [-0.39, 0.29) is 11.4 Å². The Morgan fingerprint density at radius 2 is 1.66 bits per heavy atom. The van der Waals surface area contributed by atoms with Crippen molar-refractivity contribution in [1.29, 1.82) is 0 Å². The van der Waals surface area contributed by atoms with Crippen LogP contribution in [0.4, 0.5) is 29.3 Å². The van der Waals surface area contributed by atoms with Crippen molar-refractivity contribution >= 4 is 35.0 Å². The molecule has 2 aromatic rings. The van der Waals surface area contributed by atoms with E-state index in [0.717, 1.165) is 25.3 Å². The number of alkyl halides is 3. The van der Waals surface area contributed by atoms with Crippen LogP contribution in [0.2, 0.25) is 5.02 Å². The molecular formula is C18H16ClF3N2O5. The van der Waals surface area contributed by atoms with Crippen LogP contribution in [0, 0.1) is 0 Å². The first-order chi connectivity index (χ1) is 13.5. The van der Waals surface area contributed by atoms with Crippen molar-refractivity contribution in [1.82, 2.24) is 0 Å². The molecule has 2 amide bonds. The number of rotatable bonds is 5. The summed E-state index contributed by atoms with van der Waals surface area (Å²) in [5, 5.41) is 15.4. The number of amides is 2. The fourth-order valence-corrected chi connectivity index (χ4v) is 2.51. The Bertz CT molecular complexity index is 905. The number of aliphatic hydroxyl groups is 1. The van der Waals surface area contributed by atoms with Gasteiger partial charge in [0, 0.05) is 16.3 Å². The molecule has 1 unspecified atom stereocenters. The molecule has 0 bridgehead atoms. The molecule has 0 aliphatic rings. The van der Waals surface area contributed by atoms with Crippen LogP contribution in [-0.4, -0.2) is 37.5 Å². The number of ether oxygens (including phenoxy) is 2. The summed E-state index contributed by atoms with van der Waals surface area (Å²) in [5.41, 5.74) is -4.33. The van der Waals surface area contributed by atoms with E-state index in [4.69, 9.17) is 16.3 Å². The Morgan fingerprint density at radius 1 is 1.03 bits per heavy atom. The lowest BCUT2D eigenvalue weighted by Crippen LogP contribution is -2.49. The Morgan fingerprint density at radius 3 is 2.17 bits per heavy atom. The Kier molecular flexibility index (Phi) is 6.60. The quantitative estimate of drug-likeness (QED) is 0.622. The molecule has 0 aliphatic heterocycles. The lowest BCUT2D eigenvalue weighted by molar-refractivity contribution is -0.266. The summed E-state index contributed by atoms with van der Waals surface area (Å²) < 4.78 is 49.2. The number of esters is 1. The van der Waals surface area contributed by atoms with Crippen LogP contribution in [0.1, 0.15) is 5.56 Å². The molecule has 0 fully saturated rings. The first kappa shape index (κ1) is 22.3. The molecule has 156 valence electrons. The molecule has 2 rings (SSSR count). The number of carbonyl (C=O) groups is 2. The van der Waals surface area contributed by atoms with Crippen molar-refractivity contribution in [2.45, 2.75) is 11.8 Å². The second-order valence-corrected chi connectivity index (χ2v) is 6.14. The number of methoxy groups -OCH3 is 2. The van der Waals surface area contributed by atoms with Gasteiger partial charge in [-0.1, -0.05) is 17.7 Å². The van der Waals surface area contributed by atoms with Crippen molar-refractivity contribution in [3.8, 4) is 5.75 Å². The molecule has 0 aromatic heterocycles. The standard InChI is InChI=1S/C18H16ClF3N2O5/c1-28-14-9-10(17(27,15(25)29-2)18(20,21)22)3-8-13(14)24-16(26)23-12-6-4-11(19)5-7-12/h3-9,27H,1-2H3,(H2,23,24,26). The Labute approximate surface area is 168 Å². The van der Waals surface area contributed by atoms with Gasteiger partial charge in [-0.2, -0.15) is 13.2 Å². The van der Waals surface area contributed by atoms with E-state index in [2.05, 4.69) is 15.4 Å². The van der Waals surface area contributed by atoms with Gasteiger partial charge in [-0.15, -0.1) is 0 Å². The van der Waals surface area contributed by atoms with Crippen molar-refractivity contribution in [3.05, 3.63) is 53.1 Å².